The van der Waals surface area contributed by atoms with Gasteiger partial charge in [0.2, 0.25) is 0 Å². The van der Waals surface area contributed by atoms with Crippen LogP contribution < -0.4 is 0 Å². The molecule has 3 rings (SSSR count). The van der Waals surface area contributed by atoms with Crippen molar-refractivity contribution in [3.8, 4) is 0 Å². The van der Waals surface area contributed by atoms with Crippen LogP contribution in [0, 0.1) is 23.3 Å². The van der Waals surface area contributed by atoms with Crippen LogP contribution in [0.5, 0.6) is 0 Å². The fourth-order valence-electron chi connectivity index (χ4n) is 2.44. The van der Waals surface area contributed by atoms with Gasteiger partial charge < -0.3 is 9.47 Å². The minimum absolute atomic E-state index is 0.289. The molecule has 2 aromatic carbocycles. The summed E-state index contributed by atoms with van der Waals surface area (Å²) in [7, 11) is 0. The summed E-state index contributed by atoms with van der Waals surface area (Å²) < 4.78 is 61.2. The molecule has 0 aromatic heterocycles. The lowest BCUT2D eigenvalue weighted by Gasteiger charge is -2.25. The molecular formula is C20H20F4O3. The normalized spacial score (nSPS) is 17.6. The number of halogens is 4. The maximum atomic E-state index is 13.5. The molecule has 1 heterocycles. The zero-order chi connectivity index (χ0) is 19.8. The molecule has 1 aliphatic rings. The first-order valence-electron chi connectivity index (χ1n) is 8.54. The van der Waals surface area contributed by atoms with E-state index in [1.807, 2.05) is 0 Å². The Morgan fingerprint density at radius 2 is 1.59 bits per heavy atom. The van der Waals surface area contributed by atoms with Crippen LogP contribution in [0.4, 0.5) is 17.6 Å². The van der Waals surface area contributed by atoms with Crippen LogP contribution >= 0.6 is 0 Å². The minimum Gasteiger partial charge on any atom is -0.353 e. The van der Waals surface area contributed by atoms with Crippen LogP contribution in [0.2, 0.25) is 0 Å². The standard InChI is InChI=1S/C14H16F2O3.C6H4F2/c1-9(19-13-4-2-3-7-18-13)14(17)11-8-10(15)5-6-12(11)16;7-5-1-2-6(8)4-3-5/h5-6,8-9,13H,2-4,7H2,1H3;1-4H/t9-,13?;/m0./s1. The van der Waals surface area contributed by atoms with Gasteiger partial charge in [0.25, 0.3) is 0 Å². The molecule has 1 unspecified atom stereocenters. The molecule has 0 bridgehead atoms. The zero-order valence-corrected chi connectivity index (χ0v) is 14.8. The van der Waals surface area contributed by atoms with Crippen molar-refractivity contribution in [1.82, 2.24) is 0 Å². The van der Waals surface area contributed by atoms with Crippen LogP contribution in [-0.4, -0.2) is 24.8 Å². The summed E-state index contributed by atoms with van der Waals surface area (Å²) in [6.45, 7) is 2.12. The van der Waals surface area contributed by atoms with Crippen molar-refractivity contribution in [2.45, 2.75) is 38.6 Å². The number of carbonyl (C=O) groups is 1. The SMILES string of the molecule is C[C@H](OC1CCCCO1)C(=O)c1cc(F)ccc1F.Fc1ccc(F)cc1. The van der Waals surface area contributed by atoms with E-state index in [0.29, 0.717) is 13.0 Å². The molecule has 0 aliphatic carbocycles. The summed E-state index contributed by atoms with van der Waals surface area (Å²) >= 11 is 0. The third-order valence-electron chi connectivity index (χ3n) is 3.86. The highest BCUT2D eigenvalue weighted by atomic mass is 19.1. The Morgan fingerprint density at radius 3 is 2.15 bits per heavy atom. The van der Waals surface area contributed by atoms with Crippen molar-refractivity contribution >= 4 is 5.78 Å². The summed E-state index contributed by atoms with van der Waals surface area (Å²) in [5.74, 6) is -2.79. The van der Waals surface area contributed by atoms with E-state index in [9.17, 15) is 22.4 Å². The van der Waals surface area contributed by atoms with Gasteiger partial charge in [-0.05, 0) is 68.7 Å². The average Bonchev–Trinajstić information content (AvgIpc) is 2.67. The van der Waals surface area contributed by atoms with Gasteiger partial charge in [-0.3, -0.25) is 4.79 Å². The molecular weight excluding hydrogens is 364 g/mol. The number of benzene rings is 2. The lowest BCUT2D eigenvalue weighted by Crippen LogP contribution is -2.31. The van der Waals surface area contributed by atoms with Gasteiger partial charge in [0, 0.05) is 6.61 Å². The molecule has 0 radical (unpaired) electrons. The van der Waals surface area contributed by atoms with E-state index < -0.39 is 41.4 Å². The second kappa shape index (κ2) is 10.2. The Hall–Kier alpha value is -2.25. The first-order chi connectivity index (χ1) is 12.9. The van der Waals surface area contributed by atoms with Gasteiger partial charge in [0.05, 0.1) is 5.56 Å². The third kappa shape index (κ3) is 6.77. The van der Waals surface area contributed by atoms with E-state index in [1.165, 1.54) is 6.92 Å². The van der Waals surface area contributed by atoms with Crippen LogP contribution in [0.15, 0.2) is 42.5 Å². The first-order valence-corrected chi connectivity index (χ1v) is 8.54. The van der Waals surface area contributed by atoms with Crippen molar-refractivity contribution in [2.24, 2.45) is 0 Å². The fraction of sp³-hybridized carbons (Fsp3) is 0.350. The molecule has 27 heavy (non-hydrogen) atoms. The van der Waals surface area contributed by atoms with Crippen molar-refractivity contribution in [3.05, 3.63) is 71.3 Å². The van der Waals surface area contributed by atoms with Gasteiger partial charge in [-0.25, -0.2) is 17.6 Å². The summed E-state index contributed by atoms with van der Waals surface area (Å²) in [4.78, 5) is 12.0. The van der Waals surface area contributed by atoms with Gasteiger partial charge in [-0.1, -0.05) is 0 Å². The number of ketones is 1. The Morgan fingerprint density at radius 1 is 1.00 bits per heavy atom. The van der Waals surface area contributed by atoms with E-state index >= 15 is 0 Å². The second-order valence-corrected chi connectivity index (χ2v) is 6.00. The molecule has 1 fully saturated rings. The summed E-state index contributed by atoms with van der Waals surface area (Å²) in [5, 5.41) is 0. The van der Waals surface area contributed by atoms with E-state index in [0.717, 1.165) is 55.3 Å². The summed E-state index contributed by atoms with van der Waals surface area (Å²) in [5.41, 5.74) is -0.289. The lowest BCUT2D eigenvalue weighted by molar-refractivity contribution is -0.174. The first kappa shape index (κ1) is 21.1. The smallest absolute Gasteiger partial charge is 0.194 e. The van der Waals surface area contributed by atoms with Gasteiger partial charge in [-0.2, -0.15) is 0 Å². The Balaban J connectivity index is 0.000000273. The molecule has 0 spiro atoms. The van der Waals surface area contributed by atoms with Gasteiger partial charge >= 0.3 is 0 Å². The van der Waals surface area contributed by atoms with E-state index in [-0.39, 0.29) is 5.56 Å². The van der Waals surface area contributed by atoms with Crippen molar-refractivity contribution in [2.75, 3.05) is 6.61 Å². The van der Waals surface area contributed by atoms with Crippen molar-refractivity contribution < 1.29 is 31.8 Å². The fourth-order valence-corrected chi connectivity index (χ4v) is 2.44. The molecule has 7 heteroatoms. The highest BCUT2D eigenvalue weighted by molar-refractivity contribution is 5.99. The van der Waals surface area contributed by atoms with Gasteiger partial charge in [-0.15, -0.1) is 0 Å². The molecule has 0 saturated carbocycles. The average molecular weight is 384 g/mol. The Labute approximate surface area is 154 Å². The monoisotopic (exact) mass is 384 g/mol. The molecule has 0 N–H and O–H groups in total. The number of hydrogen-bond donors (Lipinski definition) is 0. The van der Waals surface area contributed by atoms with Crippen LogP contribution in [-0.2, 0) is 9.47 Å². The Bertz CT molecular complexity index is 722. The summed E-state index contributed by atoms with van der Waals surface area (Å²) in [6.07, 6.45) is 1.35. The minimum atomic E-state index is -0.862. The van der Waals surface area contributed by atoms with Crippen LogP contribution in [0.25, 0.3) is 0 Å². The molecule has 0 amide bonds. The number of rotatable bonds is 4. The van der Waals surface area contributed by atoms with E-state index in [2.05, 4.69) is 0 Å². The predicted octanol–water partition coefficient (Wildman–Crippen LogP) is 5.04. The summed E-state index contributed by atoms with van der Waals surface area (Å²) in [6, 6.07) is 7.11. The second-order valence-electron chi connectivity index (χ2n) is 6.00. The zero-order valence-electron chi connectivity index (χ0n) is 14.8. The lowest BCUT2D eigenvalue weighted by atomic mass is 10.1. The highest BCUT2D eigenvalue weighted by Crippen LogP contribution is 2.18. The molecule has 2 aromatic rings. The van der Waals surface area contributed by atoms with E-state index in [1.54, 1.807) is 0 Å². The third-order valence-corrected chi connectivity index (χ3v) is 3.86. The largest absolute Gasteiger partial charge is 0.353 e. The maximum absolute atomic E-state index is 13.5. The number of hydrogen-bond acceptors (Lipinski definition) is 3. The van der Waals surface area contributed by atoms with Crippen LogP contribution in [0.3, 0.4) is 0 Å². The van der Waals surface area contributed by atoms with Crippen molar-refractivity contribution in [3.63, 3.8) is 0 Å². The molecule has 1 aliphatic heterocycles. The topological polar surface area (TPSA) is 35.5 Å². The molecule has 2 atom stereocenters. The Kier molecular flexibility index (Phi) is 7.94. The molecule has 146 valence electrons. The number of carbonyl (C=O) groups excluding carboxylic acids is 1. The predicted molar refractivity (Wildman–Crippen MR) is 91.2 cm³/mol. The highest BCUT2D eigenvalue weighted by Gasteiger charge is 2.24. The maximum Gasteiger partial charge on any atom is 0.194 e. The van der Waals surface area contributed by atoms with Crippen LogP contribution in [0.1, 0.15) is 36.5 Å². The molecule has 1 saturated heterocycles. The quantitative estimate of drug-likeness (QED) is 0.547. The van der Waals surface area contributed by atoms with E-state index in [4.69, 9.17) is 9.47 Å². The number of ether oxygens (including phenoxy) is 2. The molecule has 3 nitrogen and oxygen atoms in total. The van der Waals surface area contributed by atoms with Gasteiger partial charge in [0.1, 0.15) is 29.4 Å². The number of Topliss-reactive ketones (excluding diaryl/α,β-unsaturated/α-hetero) is 1. The van der Waals surface area contributed by atoms with Gasteiger partial charge in [0.15, 0.2) is 12.1 Å². The van der Waals surface area contributed by atoms with Crippen molar-refractivity contribution in [1.29, 1.82) is 0 Å².